The molecule has 1 rings (SSSR count). The minimum absolute atomic E-state index is 0.281. The monoisotopic (exact) mass is 171 g/mol. The zero-order chi connectivity index (χ0) is 9.14. The lowest BCUT2D eigenvalue weighted by Crippen LogP contribution is -2.40. The number of nitrogens with one attached hydrogen (secondary N) is 1. The molecule has 70 valence electrons. The number of hydrogen-bond acceptors (Lipinski definition) is 3. The molecule has 3 N–H and O–H groups in total. The third-order valence-corrected chi connectivity index (χ3v) is 2.33. The number of hydrogen-bond donors (Lipinski definition) is 2. The van der Waals surface area contributed by atoms with Crippen molar-refractivity contribution in [2.75, 3.05) is 26.7 Å². The van der Waals surface area contributed by atoms with Gasteiger partial charge < -0.3 is 16.0 Å². The first-order chi connectivity index (χ1) is 5.59. The topological polar surface area (TPSA) is 58.4 Å². The van der Waals surface area contributed by atoms with E-state index in [-0.39, 0.29) is 5.91 Å². The standard InChI is InChI=1S/C8H17N3O/c1-6-4-11(2)5-7(6)10-3-8(9)12/h6-7,10H,3-5H2,1-2H3,(H2,9,12). The van der Waals surface area contributed by atoms with Gasteiger partial charge in [-0.3, -0.25) is 4.79 Å². The number of nitrogens with zero attached hydrogens (tertiary/aromatic N) is 1. The minimum atomic E-state index is -0.281. The van der Waals surface area contributed by atoms with Gasteiger partial charge in [0.2, 0.25) is 5.91 Å². The lowest BCUT2D eigenvalue weighted by atomic mass is 10.1. The maximum Gasteiger partial charge on any atom is 0.231 e. The first-order valence-corrected chi connectivity index (χ1v) is 4.30. The fraction of sp³-hybridized carbons (Fsp3) is 0.875. The van der Waals surface area contributed by atoms with E-state index in [4.69, 9.17) is 5.73 Å². The van der Waals surface area contributed by atoms with Crippen LogP contribution in [0, 0.1) is 5.92 Å². The maximum atomic E-state index is 10.5. The molecule has 0 aromatic heterocycles. The molecule has 0 aliphatic carbocycles. The minimum Gasteiger partial charge on any atom is -0.369 e. The summed E-state index contributed by atoms with van der Waals surface area (Å²) in [6.45, 7) is 4.58. The third kappa shape index (κ3) is 2.46. The van der Waals surface area contributed by atoms with Crippen LogP contribution in [0.25, 0.3) is 0 Å². The van der Waals surface area contributed by atoms with Crippen LogP contribution in [0.15, 0.2) is 0 Å². The Bertz CT molecular complexity index is 172. The van der Waals surface area contributed by atoms with Crippen LogP contribution in [-0.2, 0) is 4.79 Å². The van der Waals surface area contributed by atoms with Gasteiger partial charge >= 0.3 is 0 Å². The van der Waals surface area contributed by atoms with E-state index in [9.17, 15) is 4.79 Å². The average molecular weight is 171 g/mol. The quantitative estimate of drug-likeness (QED) is 0.573. The van der Waals surface area contributed by atoms with Crippen LogP contribution in [0.1, 0.15) is 6.92 Å². The fourth-order valence-electron chi connectivity index (χ4n) is 1.71. The van der Waals surface area contributed by atoms with Crippen LogP contribution in [0.2, 0.25) is 0 Å². The Morgan fingerprint density at radius 2 is 2.33 bits per heavy atom. The van der Waals surface area contributed by atoms with Crippen molar-refractivity contribution < 1.29 is 4.79 Å². The Hall–Kier alpha value is -0.610. The summed E-state index contributed by atoms with van der Waals surface area (Å²) in [4.78, 5) is 12.7. The van der Waals surface area contributed by atoms with Crippen LogP contribution < -0.4 is 11.1 Å². The normalized spacial score (nSPS) is 30.8. The van der Waals surface area contributed by atoms with Gasteiger partial charge in [-0.2, -0.15) is 0 Å². The van der Waals surface area contributed by atoms with Gasteiger partial charge in [0.25, 0.3) is 0 Å². The summed E-state index contributed by atoms with van der Waals surface area (Å²) >= 11 is 0. The second-order valence-electron chi connectivity index (χ2n) is 3.65. The fourth-order valence-corrected chi connectivity index (χ4v) is 1.71. The van der Waals surface area contributed by atoms with Crippen LogP contribution >= 0.6 is 0 Å². The number of nitrogens with two attached hydrogens (primary N) is 1. The number of amides is 1. The van der Waals surface area contributed by atoms with Gasteiger partial charge in [-0.1, -0.05) is 6.92 Å². The SMILES string of the molecule is CC1CN(C)CC1NCC(N)=O. The highest BCUT2D eigenvalue weighted by molar-refractivity contribution is 5.75. The van der Waals surface area contributed by atoms with E-state index < -0.39 is 0 Å². The highest BCUT2D eigenvalue weighted by atomic mass is 16.1. The molecule has 1 aliphatic heterocycles. The van der Waals surface area contributed by atoms with Crippen molar-refractivity contribution >= 4 is 5.91 Å². The molecule has 2 atom stereocenters. The van der Waals surface area contributed by atoms with Crippen molar-refractivity contribution in [3.05, 3.63) is 0 Å². The second-order valence-corrected chi connectivity index (χ2v) is 3.65. The number of rotatable bonds is 3. The molecule has 1 heterocycles. The van der Waals surface area contributed by atoms with Gasteiger partial charge in [0.15, 0.2) is 0 Å². The highest BCUT2D eigenvalue weighted by Gasteiger charge is 2.26. The second kappa shape index (κ2) is 3.87. The van der Waals surface area contributed by atoms with Crippen LogP contribution in [0.5, 0.6) is 0 Å². The summed E-state index contributed by atoms with van der Waals surface area (Å²) in [7, 11) is 2.09. The molecule has 0 aromatic carbocycles. The zero-order valence-electron chi connectivity index (χ0n) is 7.71. The molecule has 4 heteroatoms. The summed E-state index contributed by atoms with van der Waals surface area (Å²) in [6, 6.07) is 0.419. The molecule has 2 unspecified atom stereocenters. The molecule has 12 heavy (non-hydrogen) atoms. The zero-order valence-corrected chi connectivity index (χ0v) is 7.71. The van der Waals surface area contributed by atoms with Crippen LogP contribution in [0.4, 0.5) is 0 Å². The summed E-state index contributed by atoms with van der Waals surface area (Å²) in [6.07, 6.45) is 0. The molecule has 1 fully saturated rings. The largest absolute Gasteiger partial charge is 0.369 e. The van der Waals surface area contributed by atoms with Crippen molar-refractivity contribution in [1.29, 1.82) is 0 Å². The average Bonchev–Trinajstić information content (AvgIpc) is 2.26. The number of primary amides is 1. The van der Waals surface area contributed by atoms with Gasteiger partial charge in [-0.25, -0.2) is 0 Å². The van der Waals surface area contributed by atoms with Gasteiger partial charge in [0, 0.05) is 19.1 Å². The van der Waals surface area contributed by atoms with Crippen molar-refractivity contribution in [3.8, 4) is 0 Å². The lowest BCUT2D eigenvalue weighted by Gasteiger charge is -2.14. The van der Waals surface area contributed by atoms with E-state index in [0.29, 0.717) is 18.5 Å². The number of carbonyl (C=O) groups is 1. The van der Waals surface area contributed by atoms with Crippen LogP contribution in [-0.4, -0.2) is 43.5 Å². The molecule has 1 saturated heterocycles. The molecule has 0 bridgehead atoms. The van der Waals surface area contributed by atoms with Crippen LogP contribution in [0.3, 0.4) is 0 Å². The Labute approximate surface area is 73.1 Å². The number of likely N-dealkylation sites (tertiary alicyclic amines) is 1. The molecule has 4 nitrogen and oxygen atoms in total. The Morgan fingerprint density at radius 1 is 1.67 bits per heavy atom. The smallest absolute Gasteiger partial charge is 0.231 e. The predicted octanol–water partition coefficient (Wildman–Crippen LogP) is -0.989. The Kier molecular flexibility index (Phi) is 3.05. The molecular formula is C8H17N3O. The van der Waals surface area contributed by atoms with Gasteiger partial charge in [0.1, 0.15) is 0 Å². The molecule has 1 aliphatic rings. The maximum absolute atomic E-state index is 10.5. The first-order valence-electron chi connectivity index (χ1n) is 4.30. The Balaban J connectivity index is 2.28. The predicted molar refractivity (Wildman–Crippen MR) is 47.6 cm³/mol. The van der Waals surface area contributed by atoms with Gasteiger partial charge in [0.05, 0.1) is 6.54 Å². The van der Waals surface area contributed by atoms with Crippen molar-refractivity contribution in [3.63, 3.8) is 0 Å². The molecular weight excluding hydrogens is 154 g/mol. The number of carbonyl (C=O) groups excluding carboxylic acids is 1. The van der Waals surface area contributed by atoms with Gasteiger partial charge in [-0.05, 0) is 13.0 Å². The third-order valence-electron chi connectivity index (χ3n) is 2.33. The molecule has 0 aromatic rings. The van der Waals surface area contributed by atoms with E-state index in [1.165, 1.54) is 0 Å². The Morgan fingerprint density at radius 3 is 2.75 bits per heavy atom. The van der Waals surface area contributed by atoms with Crippen molar-refractivity contribution in [1.82, 2.24) is 10.2 Å². The van der Waals surface area contributed by atoms with E-state index in [2.05, 4.69) is 24.2 Å². The first kappa shape index (κ1) is 9.48. The van der Waals surface area contributed by atoms with Crippen molar-refractivity contribution in [2.24, 2.45) is 11.7 Å². The van der Waals surface area contributed by atoms with E-state index in [1.807, 2.05) is 0 Å². The van der Waals surface area contributed by atoms with Gasteiger partial charge in [-0.15, -0.1) is 0 Å². The number of likely N-dealkylation sites (N-methyl/N-ethyl adjacent to an activating group) is 1. The molecule has 0 saturated carbocycles. The highest BCUT2D eigenvalue weighted by Crippen LogP contribution is 2.13. The molecule has 1 amide bonds. The molecule has 0 radical (unpaired) electrons. The summed E-state index contributed by atoms with van der Waals surface area (Å²) < 4.78 is 0. The summed E-state index contributed by atoms with van der Waals surface area (Å²) in [5, 5.41) is 3.14. The summed E-state index contributed by atoms with van der Waals surface area (Å²) in [5.74, 6) is 0.325. The summed E-state index contributed by atoms with van der Waals surface area (Å²) in [5.41, 5.74) is 5.04. The van der Waals surface area contributed by atoms with E-state index in [1.54, 1.807) is 0 Å². The van der Waals surface area contributed by atoms with Crippen molar-refractivity contribution in [2.45, 2.75) is 13.0 Å². The van der Waals surface area contributed by atoms with E-state index in [0.717, 1.165) is 13.1 Å². The van der Waals surface area contributed by atoms with E-state index >= 15 is 0 Å². The molecule has 0 spiro atoms. The lowest BCUT2D eigenvalue weighted by molar-refractivity contribution is -0.117.